The van der Waals surface area contributed by atoms with Gasteiger partial charge in [-0.05, 0) is 43.4 Å². The highest BCUT2D eigenvalue weighted by Crippen LogP contribution is 2.41. The lowest BCUT2D eigenvalue weighted by Gasteiger charge is -2.46. The third kappa shape index (κ3) is 3.15. The maximum atomic E-state index is 13.4. The lowest BCUT2D eigenvalue weighted by atomic mass is 9.88. The number of hydrogen-bond acceptors (Lipinski definition) is 4. The van der Waals surface area contributed by atoms with Gasteiger partial charge in [-0.1, -0.05) is 6.07 Å². The van der Waals surface area contributed by atoms with Crippen molar-refractivity contribution in [2.24, 2.45) is 5.92 Å². The van der Waals surface area contributed by atoms with Gasteiger partial charge in [0.2, 0.25) is 10.0 Å². The number of benzene rings is 1. The van der Waals surface area contributed by atoms with Crippen LogP contribution in [0.4, 0.5) is 4.39 Å². The van der Waals surface area contributed by atoms with Gasteiger partial charge in [-0.15, -0.1) is 0 Å². The van der Waals surface area contributed by atoms with Crippen LogP contribution in [0, 0.1) is 18.7 Å². The highest BCUT2D eigenvalue weighted by Gasteiger charge is 2.53. The third-order valence-electron chi connectivity index (χ3n) is 4.71. The van der Waals surface area contributed by atoms with Crippen LogP contribution in [0.15, 0.2) is 23.1 Å². The molecule has 0 N–H and O–H groups in total. The zero-order valence-electron chi connectivity index (χ0n) is 13.4. The van der Waals surface area contributed by atoms with Crippen molar-refractivity contribution in [1.29, 1.82) is 0 Å². The molecule has 5 nitrogen and oxygen atoms in total. The Kier molecular flexibility index (Phi) is 4.48. The summed E-state index contributed by atoms with van der Waals surface area (Å²) in [5, 5.41) is 0. The van der Waals surface area contributed by atoms with Crippen molar-refractivity contribution in [3.8, 4) is 0 Å². The Bertz CT molecular complexity index is 685. The average molecular weight is 343 g/mol. The Morgan fingerprint density at radius 1 is 1.43 bits per heavy atom. The normalized spacial score (nSPS) is 24.0. The molecule has 0 radical (unpaired) electrons. The SMILES string of the molecule is COCCC1COC2(C1)CN(S(=O)(=O)c1cc(F)ccc1C)C2. The van der Waals surface area contributed by atoms with Crippen molar-refractivity contribution in [2.45, 2.75) is 30.3 Å². The minimum Gasteiger partial charge on any atom is -0.385 e. The number of aryl methyl sites for hydroxylation is 1. The zero-order chi connectivity index (χ0) is 16.7. The molecule has 1 aromatic carbocycles. The molecule has 0 saturated carbocycles. The van der Waals surface area contributed by atoms with E-state index >= 15 is 0 Å². The van der Waals surface area contributed by atoms with E-state index in [4.69, 9.17) is 9.47 Å². The molecule has 2 aliphatic heterocycles. The van der Waals surface area contributed by atoms with Crippen LogP contribution in [0.1, 0.15) is 18.4 Å². The molecule has 3 rings (SSSR count). The van der Waals surface area contributed by atoms with E-state index in [-0.39, 0.29) is 10.5 Å². The Morgan fingerprint density at radius 3 is 2.87 bits per heavy atom. The number of methoxy groups -OCH3 is 1. The van der Waals surface area contributed by atoms with E-state index in [1.165, 1.54) is 16.4 Å². The van der Waals surface area contributed by atoms with Gasteiger partial charge in [0.1, 0.15) is 5.82 Å². The Morgan fingerprint density at radius 2 is 2.17 bits per heavy atom. The number of halogens is 1. The highest BCUT2D eigenvalue weighted by atomic mass is 32.2. The monoisotopic (exact) mass is 343 g/mol. The smallest absolute Gasteiger partial charge is 0.243 e. The fourth-order valence-corrected chi connectivity index (χ4v) is 5.21. The molecule has 1 unspecified atom stereocenters. The maximum Gasteiger partial charge on any atom is 0.243 e. The van der Waals surface area contributed by atoms with Gasteiger partial charge in [-0.2, -0.15) is 4.31 Å². The molecule has 2 saturated heterocycles. The van der Waals surface area contributed by atoms with Crippen LogP contribution in [0.3, 0.4) is 0 Å². The van der Waals surface area contributed by atoms with Gasteiger partial charge in [0, 0.05) is 26.8 Å². The van der Waals surface area contributed by atoms with E-state index in [0.29, 0.717) is 37.8 Å². The summed E-state index contributed by atoms with van der Waals surface area (Å²) in [6, 6.07) is 3.85. The van der Waals surface area contributed by atoms with Gasteiger partial charge in [0.15, 0.2) is 0 Å². The lowest BCUT2D eigenvalue weighted by molar-refractivity contribution is -0.0774. The minimum absolute atomic E-state index is 0.0429. The van der Waals surface area contributed by atoms with Crippen LogP contribution in [-0.4, -0.2) is 51.7 Å². The van der Waals surface area contributed by atoms with E-state index < -0.39 is 15.8 Å². The molecule has 1 aromatic rings. The molecule has 7 heteroatoms. The van der Waals surface area contributed by atoms with Gasteiger partial charge in [0.25, 0.3) is 0 Å². The van der Waals surface area contributed by atoms with E-state index in [1.807, 2.05) is 0 Å². The fourth-order valence-electron chi connectivity index (χ4n) is 3.39. The predicted octanol–water partition coefficient (Wildman–Crippen LogP) is 1.95. The first-order valence-corrected chi connectivity index (χ1v) is 9.19. The van der Waals surface area contributed by atoms with Gasteiger partial charge in [-0.3, -0.25) is 0 Å². The third-order valence-corrected chi connectivity index (χ3v) is 6.65. The molecule has 1 atom stereocenters. The van der Waals surface area contributed by atoms with Gasteiger partial charge in [0.05, 0.1) is 17.1 Å². The molecule has 23 heavy (non-hydrogen) atoms. The van der Waals surface area contributed by atoms with E-state index in [9.17, 15) is 12.8 Å². The summed E-state index contributed by atoms with van der Waals surface area (Å²) in [6.45, 7) is 3.70. The molecule has 0 aliphatic carbocycles. The largest absolute Gasteiger partial charge is 0.385 e. The van der Waals surface area contributed by atoms with Crippen molar-refractivity contribution in [3.63, 3.8) is 0 Å². The quantitative estimate of drug-likeness (QED) is 0.820. The topological polar surface area (TPSA) is 55.8 Å². The molecule has 1 spiro atoms. The van der Waals surface area contributed by atoms with Gasteiger partial charge in [-0.25, -0.2) is 12.8 Å². The molecule has 0 aromatic heterocycles. The van der Waals surface area contributed by atoms with Crippen LogP contribution in [-0.2, 0) is 19.5 Å². The Labute approximate surface area is 136 Å². The van der Waals surface area contributed by atoms with Crippen molar-refractivity contribution in [2.75, 3.05) is 33.4 Å². The van der Waals surface area contributed by atoms with Crippen molar-refractivity contribution in [3.05, 3.63) is 29.6 Å². The van der Waals surface area contributed by atoms with Crippen LogP contribution >= 0.6 is 0 Å². The number of rotatable bonds is 5. The van der Waals surface area contributed by atoms with Crippen LogP contribution in [0.5, 0.6) is 0 Å². The number of ether oxygens (including phenoxy) is 2. The van der Waals surface area contributed by atoms with E-state index in [2.05, 4.69) is 0 Å². The average Bonchev–Trinajstić information content (AvgIpc) is 2.90. The number of hydrogen-bond donors (Lipinski definition) is 0. The van der Waals surface area contributed by atoms with Crippen LogP contribution in [0.25, 0.3) is 0 Å². The molecular weight excluding hydrogens is 321 g/mol. The highest BCUT2D eigenvalue weighted by molar-refractivity contribution is 7.89. The maximum absolute atomic E-state index is 13.4. The zero-order valence-corrected chi connectivity index (χ0v) is 14.2. The van der Waals surface area contributed by atoms with E-state index in [1.54, 1.807) is 14.0 Å². The molecule has 2 fully saturated rings. The van der Waals surface area contributed by atoms with Gasteiger partial charge < -0.3 is 9.47 Å². The first-order valence-electron chi connectivity index (χ1n) is 7.75. The summed E-state index contributed by atoms with van der Waals surface area (Å²) in [5.41, 5.74) is 0.185. The molecule has 0 bridgehead atoms. The Balaban J connectivity index is 1.68. The molecule has 2 aliphatic rings. The first-order chi connectivity index (χ1) is 10.9. The lowest BCUT2D eigenvalue weighted by Crippen LogP contribution is -2.63. The predicted molar refractivity (Wildman–Crippen MR) is 83.2 cm³/mol. The fraction of sp³-hybridized carbons (Fsp3) is 0.625. The van der Waals surface area contributed by atoms with E-state index in [0.717, 1.165) is 18.9 Å². The number of sulfonamides is 1. The van der Waals surface area contributed by atoms with Crippen molar-refractivity contribution >= 4 is 10.0 Å². The molecule has 2 heterocycles. The van der Waals surface area contributed by atoms with Crippen molar-refractivity contribution < 1.29 is 22.3 Å². The summed E-state index contributed by atoms with van der Waals surface area (Å²) in [6.07, 6.45) is 1.78. The molecule has 0 amide bonds. The van der Waals surface area contributed by atoms with Crippen molar-refractivity contribution in [1.82, 2.24) is 4.31 Å². The second kappa shape index (κ2) is 6.12. The van der Waals surface area contributed by atoms with Crippen LogP contribution in [0.2, 0.25) is 0 Å². The minimum atomic E-state index is -3.66. The first kappa shape index (κ1) is 16.8. The summed E-state index contributed by atoms with van der Waals surface area (Å²) in [7, 11) is -1.99. The standard InChI is InChI=1S/C16H22FNO4S/c1-12-3-4-14(17)7-15(12)23(19,20)18-10-16(11-18)8-13(9-22-16)5-6-21-2/h3-4,7,13H,5-6,8-11H2,1-2H3. The summed E-state index contributed by atoms with van der Waals surface area (Å²) in [5.74, 6) is -0.128. The molecular formula is C16H22FNO4S. The van der Waals surface area contributed by atoms with Crippen LogP contribution < -0.4 is 0 Å². The number of nitrogens with zero attached hydrogens (tertiary/aromatic N) is 1. The summed E-state index contributed by atoms with van der Waals surface area (Å²) < 4.78 is 51.1. The second-order valence-corrected chi connectivity index (χ2v) is 8.43. The summed E-state index contributed by atoms with van der Waals surface area (Å²) >= 11 is 0. The second-order valence-electron chi connectivity index (χ2n) is 6.53. The molecule has 128 valence electrons. The van der Waals surface area contributed by atoms with Gasteiger partial charge >= 0.3 is 0 Å². The summed E-state index contributed by atoms with van der Waals surface area (Å²) in [4.78, 5) is 0.0429. The Hall–Kier alpha value is -1.02.